The quantitative estimate of drug-likeness (QED) is 0.800. The fraction of sp³-hybridized carbons (Fsp3) is 0.308. The summed E-state index contributed by atoms with van der Waals surface area (Å²) in [6, 6.07) is 8.18. The van der Waals surface area contributed by atoms with Gasteiger partial charge in [-0.05, 0) is 17.5 Å². The average molecular weight is 233 g/mol. The van der Waals surface area contributed by atoms with Crippen LogP contribution in [-0.4, -0.2) is 4.98 Å². The summed E-state index contributed by atoms with van der Waals surface area (Å²) < 4.78 is 5.79. The van der Waals surface area contributed by atoms with Gasteiger partial charge >= 0.3 is 0 Å². The normalized spacial score (nSPS) is 10.7. The Hall–Kier alpha value is -1.35. The van der Waals surface area contributed by atoms with Crippen molar-refractivity contribution in [3.05, 3.63) is 46.4 Å². The molecule has 0 unspecified atom stereocenters. The lowest BCUT2D eigenvalue weighted by atomic mass is 10.0. The SMILES string of the molecule is CC(C)c1ccccc1OCc1nccs1. The summed E-state index contributed by atoms with van der Waals surface area (Å²) in [4.78, 5) is 4.20. The number of hydrogen-bond donors (Lipinski definition) is 0. The van der Waals surface area contributed by atoms with Crippen molar-refractivity contribution in [2.45, 2.75) is 26.4 Å². The molecule has 0 N–H and O–H groups in total. The lowest BCUT2D eigenvalue weighted by Gasteiger charge is -2.12. The number of aromatic nitrogens is 1. The van der Waals surface area contributed by atoms with Crippen molar-refractivity contribution in [2.75, 3.05) is 0 Å². The van der Waals surface area contributed by atoms with Gasteiger partial charge < -0.3 is 4.74 Å². The number of benzene rings is 1. The lowest BCUT2D eigenvalue weighted by molar-refractivity contribution is 0.301. The van der Waals surface area contributed by atoms with E-state index in [-0.39, 0.29) is 0 Å². The molecule has 2 rings (SSSR count). The Morgan fingerprint density at radius 3 is 2.81 bits per heavy atom. The van der Waals surface area contributed by atoms with Gasteiger partial charge in [-0.15, -0.1) is 11.3 Å². The fourth-order valence-corrected chi connectivity index (χ4v) is 2.08. The molecule has 0 aliphatic carbocycles. The van der Waals surface area contributed by atoms with Gasteiger partial charge in [-0.1, -0.05) is 32.0 Å². The summed E-state index contributed by atoms with van der Waals surface area (Å²) in [5.74, 6) is 1.44. The van der Waals surface area contributed by atoms with E-state index in [0.717, 1.165) is 10.8 Å². The maximum Gasteiger partial charge on any atom is 0.140 e. The van der Waals surface area contributed by atoms with Gasteiger partial charge in [0.25, 0.3) is 0 Å². The zero-order valence-corrected chi connectivity index (χ0v) is 10.3. The molecular weight excluding hydrogens is 218 g/mol. The monoisotopic (exact) mass is 233 g/mol. The van der Waals surface area contributed by atoms with Gasteiger partial charge in [-0.2, -0.15) is 0 Å². The van der Waals surface area contributed by atoms with Crippen LogP contribution in [0.25, 0.3) is 0 Å². The lowest BCUT2D eigenvalue weighted by Crippen LogP contribution is -1.99. The van der Waals surface area contributed by atoms with E-state index >= 15 is 0 Å². The van der Waals surface area contributed by atoms with Crippen LogP contribution in [0, 0.1) is 0 Å². The molecule has 3 heteroatoms. The first kappa shape index (κ1) is 11.1. The maximum atomic E-state index is 5.79. The van der Waals surface area contributed by atoms with Crippen LogP contribution in [0.1, 0.15) is 30.3 Å². The average Bonchev–Trinajstić information content (AvgIpc) is 2.79. The smallest absolute Gasteiger partial charge is 0.140 e. The number of para-hydroxylation sites is 1. The first-order chi connectivity index (χ1) is 7.77. The Balaban J connectivity index is 2.09. The number of nitrogens with zero attached hydrogens (tertiary/aromatic N) is 1. The molecule has 1 heterocycles. The molecule has 0 saturated carbocycles. The van der Waals surface area contributed by atoms with Crippen LogP contribution in [0.15, 0.2) is 35.8 Å². The molecule has 0 amide bonds. The first-order valence-electron chi connectivity index (χ1n) is 5.37. The van der Waals surface area contributed by atoms with E-state index in [2.05, 4.69) is 24.9 Å². The second kappa shape index (κ2) is 5.12. The third kappa shape index (κ3) is 2.61. The predicted molar refractivity (Wildman–Crippen MR) is 67.0 cm³/mol. The van der Waals surface area contributed by atoms with Gasteiger partial charge in [0.1, 0.15) is 17.4 Å². The van der Waals surface area contributed by atoms with Crippen LogP contribution < -0.4 is 4.74 Å². The molecule has 0 aliphatic rings. The minimum absolute atomic E-state index is 0.479. The molecule has 0 fully saturated rings. The van der Waals surface area contributed by atoms with Crippen molar-refractivity contribution in [3.63, 3.8) is 0 Å². The molecule has 0 spiro atoms. The molecule has 0 atom stereocenters. The van der Waals surface area contributed by atoms with E-state index in [9.17, 15) is 0 Å². The molecule has 2 nitrogen and oxygen atoms in total. The van der Waals surface area contributed by atoms with Crippen molar-refractivity contribution >= 4 is 11.3 Å². The third-order valence-electron chi connectivity index (χ3n) is 2.38. The van der Waals surface area contributed by atoms with Crippen LogP contribution >= 0.6 is 11.3 Å². The minimum atomic E-state index is 0.479. The van der Waals surface area contributed by atoms with Gasteiger partial charge in [0.05, 0.1) is 0 Å². The number of rotatable bonds is 4. The highest BCUT2D eigenvalue weighted by atomic mass is 32.1. The van der Waals surface area contributed by atoms with Crippen LogP contribution in [0.4, 0.5) is 0 Å². The number of hydrogen-bond acceptors (Lipinski definition) is 3. The molecule has 1 aromatic carbocycles. The number of thiazole rings is 1. The van der Waals surface area contributed by atoms with Crippen molar-refractivity contribution in [3.8, 4) is 5.75 Å². The van der Waals surface area contributed by atoms with Crippen LogP contribution in [0.5, 0.6) is 5.75 Å². The van der Waals surface area contributed by atoms with Crippen LogP contribution in [0.3, 0.4) is 0 Å². The van der Waals surface area contributed by atoms with Crippen LogP contribution in [-0.2, 0) is 6.61 Å². The topological polar surface area (TPSA) is 22.1 Å². The molecular formula is C13H15NOS. The summed E-state index contributed by atoms with van der Waals surface area (Å²) in [5.41, 5.74) is 1.25. The largest absolute Gasteiger partial charge is 0.486 e. The summed E-state index contributed by atoms with van der Waals surface area (Å²) in [7, 11) is 0. The van der Waals surface area contributed by atoms with Crippen molar-refractivity contribution in [2.24, 2.45) is 0 Å². The van der Waals surface area contributed by atoms with E-state index in [1.54, 1.807) is 17.5 Å². The Kier molecular flexibility index (Phi) is 3.57. The molecule has 16 heavy (non-hydrogen) atoms. The maximum absolute atomic E-state index is 5.79. The van der Waals surface area contributed by atoms with E-state index < -0.39 is 0 Å². The van der Waals surface area contributed by atoms with Gasteiger partial charge in [0, 0.05) is 11.6 Å². The Labute approximate surface area is 99.9 Å². The van der Waals surface area contributed by atoms with E-state index in [0.29, 0.717) is 12.5 Å². The molecule has 2 aromatic rings. The van der Waals surface area contributed by atoms with Gasteiger partial charge in [-0.25, -0.2) is 4.98 Å². The highest BCUT2D eigenvalue weighted by Gasteiger charge is 2.07. The molecule has 0 bridgehead atoms. The Morgan fingerprint density at radius 1 is 1.31 bits per heavy atom. The zero-order valence-electron chi connectivity index (χ0n) is 9.51. The van der Waals surface area contributed by atoms with Gasteiger partial charge in [-0.3, -0.25) is 0 Å². The van der Waals surface area contributed by atoms with Gasteiger partial charge in [0.15, 0.2) is 0 Å². The second-order valence-corrected chi connectivity index (χ2v) is 4.89. The standard InChI is InChI=1S/C13H15NOS/c1-10(2)11-5-3-4-6-12(11)15-9-13-14-7-8-16-13/h3-8,10H,9H2,1-2H3. The van der Waals surface area contributed by atoms with Crippen LogP contribution in [0.2, 0.25) is 0 Å². The fourth-order valence-electron chi connectivity index (χ4n) is 1.55. The Morgan fingerprint density at radius 2 is 2.12 bits per heavy atom. The molecule has 84 valence electrons. The molecule has 0 aliphatic heterocycles. The van der Waals surface area contributed by atoms with Crippen molar-refractivity contribution < 1.29 is 4.74 Å². The predicted octanol–water partition coefficient (Wildman–Crippen LogP) is 3.85. The molecule has 0 radical (unpaired) electrons. The summed E-state index contributed by atoms with van der Waals surface area (Å²) >= 11 is 1.62. The molecule has 1 aromatic heterocycles. The first-order valence-corrected chi connectivity index (χ1v) is 6.25. The van der Waals surface area contributed by atoms with E-state index in [1.165, 1.54) is 5.56 Å². The van der Waals surface area contributed by atoms with E-state index in [4.69, 9.17) is 4.74 Å². The highest BCUT2D eigenvalue weighted by Crippen LogP contribution is 2.26. The minimum Gasteiger partial charge on any atom is -0.486 e. The summed E-state index contributed by atoms with van der Waals surface area (Å²) in [6.45, 7) is 4.90. The summed E-state index contributed by atoms with van der Waals surface area (Å²) in [6.07, 6.45) is 1.80. The highest BCUT2D eigenvalue weighted by molar-refractivity contribution is 7.09. The molecule has 0 saturated heterocycles. The summed E-state index contributed by atoms with van der Waals surface area (Å²) in [5, 5.41) is 2.98. The number of ether oxygens (including phenoxy) is 1. The van der Waals surface area contributed by atoms with Crippen molar-refractivity contribution in [1.82, 2.24) is 4.98 Å². The Bertz CT molecular complexity index is 437. The zero-order chi connectivity index (χ0) is 11.4. The van der Waals surface area contributed by atoms with Gasteiger partial charge in [0.2, 0.25) is 0 Å². The second-order valence-electron chi connectivity index (χ2n) is 3.91. The van der Waals surface area contributed by atoms with Crippen molar-refractivity contribution in [1.29, 1.82) is 0 Å². The third-order valence-corrected chi connectivity index (χ3v) is 3.13. The van der Waals surface area contributed by atoms with E-state index in [1.807, 2.05) is 23.6 Å².